The molecule has 3 N–H and O–H groups in total. The molecule has 4 bridgehead atoms. The van der Waals surface area contributed by atoms with Crippen molar-refractivity contribution in [2.24, 2.45) is 23.7 Å². The first-order valence-electron chi connectivity index (χ1n) is 13.2. The van der Waals surface area contributed by atoms with Gasteiger partial charge in [-0.05, 0) is 110 Å². The van der Waals surface area contributed by atoms with Gasteiger partial charge in [0.1, 0.15) is 5.82 Å². The van der Waals surface area contributed by atoms with E-state index < -0.39 is 0 Å². The van der Waals surface area contributed by atoms with Crippen LogP contribution in [0.2, 0.25) is 0 Å². The summed E-state index contributed by atoms with van der Waals surface area (Å²) in [4.78, 5) is 37.6. The minimum absolute atomic E-state index is 0.0122. The lowest BCUT2D eigenvalue weighted by Gasteiger charge is -2.54. The minimum Gasteiger partial charge on any atom is -0.349 e. The number of aromatic nitrogens is 3. The molecular formula is C30H29N5O2. The highest BCUT2D eigenvalue weighted by molar-refractivity contribution is 6.04. The van der Waals surface area contributed by atoms with Crippen LogP contribution in [0.4, 0.5) is 5.69 Å². The number of rotatable bonds is 5. The number of aromatic amines is 1. The Morgan fingerprint density at radius 2 is 1.49 bits per heavy atom. The molecule has 0 radical (unpaired) electrons. The van der Waals surface area contributed by atoms with Crippen LogP contribution in [0, 0.1) is 23.7 Å². The van der Waals surface area contributed by atoms with Crippen molar-refractivity contribution in [1.82, 2.24) is 20.3 Å². The van der Waals surface area contributed by atoms with Crippen LogP contribution in [0.25, 0.3) is 22.4 Å². The maximum atomic E-state index is 13.2. The van der Waals surface area contributed by atoms with E-state index in [1.807, 2.05) is 42.5 Å². The van der Waals surface area contributed by atoms with E-state index in [2.05, 4.69) is 20.6 Å². The average molecular weight is 492 g/mol. The van der Waals surface area contributed by atoms with Gasteiger partial charge in [0.2, 0.25) is 0 Å². The van der Waals surface area contributed by atoms with E-state index in [1.165, 1.54) is 32.1 Å². The van der Waals surface area contributed by atoms with E-state index in [-0.39, 0.29) is 11.8 Å². The number of carbonyl (C=O) groups is 2. The summed E-state index contributed by atoms with van der Waals surface area (Å²) < 4.78 is 0. The van der Waals surface area contributed by atoms with Gasteiger partial charge in [-0.25, -0.2) is 4.98 Å². The first-order valence-corrected chi connectivity index (χ1v) is 13.2. The summed E-state index contributed by atoms with van der Waals surface area (Å²) in [6, 6.07) is 16.9. The maximum Gasteiger partial charge on any atom is 0.255 e. The molecule has 0 saturated heterocycles. The molecule has 2 aromatic carbocycles. The Hall–Kier alpha value is -4.00. The van der Waals surface area contributed by atoms with Gasteiger partial charge in [-0.15, -0.1) is 0 Å². The highest BCUT2D eigenvalue weighted by Gasteiger charge is 2.48. The lowest BCUT2D eigenvalue weighted by Crippen LogP contribution is -2.55. The van der Waals surface area contributed by atoms with Crippen LogP contribution >= 0.6 is 0 Å². The van der Waals surface area contributed by atoms with Gasteiger partial charge in [0, 0.05) is 40.8 Å². The summed E-state index contributed by atoms with van der Waals surface area (Å²) in [5.74, 6) is 3.64. The number of H-pyrrole nitrogens is 1. The number of hydrogen-bond donors (Lipinski definition) is 3. The zero-order valence-corrected chi connectivity index (χ0v) is 20.5. The van der Waals surface area contributed by atoms with Crippen LogP contribution in [0.15, 0.2) is 67.0 Å². The molecule has 0 unspecified atom stereocenters. The minimum atomic E-state index is -0.182. The number of imidazole rings is 1. The van der Waals surface area contributed by atoms with E-state index in [4.69, 9.17) is 4.98 Å². The van der Waals surface area contributed by atoms with Crippen molar-refractivity contribution >= 4 is 28.5 Å². The Balaban J connectivity index is 1.05. The molecule has 2 amide bonds. The van der Waals surface area contributed by atoms with Crippen LogP contribution in [0.1, 0.15) is 52.8 Å². The molecular weight excluding hydrogens is 462 g/mol. The molecule has 0 aliphatic heterocycles. The lowest BCUT2D eigenvalue weighted by molar-refractivity contribution is -0.0119. The lowest BCUT2D eigenvalue weighted by atomic mass is 9.54. The van der Waals surface area contributed by atoms with Crippen molar-refractivity contribution in [3.63, 3.8) is 0 Å². The maximum absolute atomic E-state index is 13.2. The summed E-state index contributed by atoms with van der Waals surface area (Å²) in [5.41, 5.74) is 4.47. The number of hydrogen-bond acceptors (Lipinski definition) is 4. The molecule has 2 aromatic heterocycles. The van der Waals surface area contributed by atoms with Crippen molar-refractivity contribution in [1.29, 1.82) is 0 Å². The topological polar surface area (TPSA) is 99.8 Å². The summed E-state index contributed by atoms with van der Waals surface area (Å²) in [6.45, 7) is 0. The number of fused-ring (bicyclic) bond motifs is 1. The number of nitrogens with one attached hydrogen (secondary N) is 3. The molecule has 7 nitrogen and oxygen atoms in total. The normalized spacial score (nSPS) is 25.8. The van der Waals surface area contributed by atoms with E-state index in [9.17, 15) is 9.59 Å². The van der Waals surface area contributed by atoms with Crippen LogP contribution < -0.4 is 10.6 Å². The predicted octanol–water partition coefficient (Wildman–Crippen LogP) is 5.43. The van der Waals surface area contributed by atoms with Crippen LogP contribution in [-0.4, -0.2) is 32.8 Å². The Morgan fingerprint density at radius 3 is 2.19 bits per heavy atom. The van der Waals surface area contributed by atoms with Gasteiger partial charge in [-0.3, -0.25) is 14.6 Å². The second kappa shape index (κ2) is 8.83. The summed E-state index contributed by atoms with van der Waals surface area (Å²) in [7, 11) is 0. The predicted molar refractivity (Wildman–Crippen MR) is 142 cm³/mol. The number of pyridine rings is 1. The van der Waals surface area contributed by atoms with Gasteiger partial charge >= 0.3 is 0 Å². The molecule has 0 spiro atoms. The quantitative estimate of drug-likeness (QED) is 0.346. The highest BCUT2D eigenvalue weighted by Crippen LogP contribution is 2.53. The summed E-state index contributed by atoms with van der Waals surface area (Å²) in [5, 5.41) is 6.29. The molecule has 4 fully saturated rings. The highest BCUT2D eigenvalue weighted by atomic mass is 16.2. The second-order valence-corrected chi connectivity index (χ2v) is 11.0. The monoisotopic (exact) mass is 491 g/mol. The first kappa shape index (κ1) is 22.2. The largest absolute Gasteiger partial charge is 0.349 e. The van der Waals surface area contributed by atoms with Gasteiger partial charge in [0.05, 0.1) is 11.0 Å². The van der Waals surface area contributed by atoms with Crippen LogP contribution in [-0.2, 0) is 0 Å². The third-order valence-corrected chi connectivity index (χ3v) is 8.63. The average Bonchev–Trinajstić information content (AvgIpc) is 3.35. The van der Waals surface area contributed by atoms with Crippen LogP contribution in [0.3, 0.4) is 0 Å². The number of amides is 2. The van der Waals surface area contributed by atoms with Gasteiger partial charge < -0.3 is 15.6 Å². The molecule has 4 aromatic rings. The van der Waals surface area contributed by atoms with E-state index in [0.29, 0.717) is 34.7 Å². The van der Waals surface area contributed by atoms with E-state index in [0.717, 1.165) is 34.3 Å². The van der Waals surface area contributed by atoms with Gasteiger partial charge in [-0.1, -0.05) is 0 Å². The smallest absolute Gasteiger partial charge is 0.255 e. The first-order chi connectivity index (χ1) is 18.1. The fourth-order valence-corrected chi connectivity index (χ4v) is 7.10. The summed E-state index contributed by atoms with van der Waals surface area (Å²) >= 11 is 0. The van der Waals surface area contributed by atoms with Crippen molar-refractivity contribution < 1.29 is 9.59 Å². The Kier molecular flexibility index (Phi) is 5.30. The third kappa shape index (κ3) is 4.18. The zero-order valence-electron chi connectivity index (χ0n) is 20.5. The standard InChI is InChI=1S/C30H29N5O2/c36-29(20-7-9-31-10-8-20)32-24-4-1-19(2-5-24)28-33-25-6-3-21(16-26(25)34-28)30(37)35-27-22-12-17-11-18(14-22)15-23(27)13-17/h1-10,16-18,22-23,27H,11-15H2,(H,32,36)(H,33,34)(H,35,37)/t17-,18+,22-,23+,27?. The Morgan fingerprint density at radius 1 is 0.784 bits per heavy atom. The number of carbonyl (C=O) groups excluding carboxylic acids is 2. The second-order valence-electron chi connectivity index (χ2n) is 11.0. The van der Waals surface area contributed by atoms with Gasteiger partial charge in [0.25, 0.3) is 11.8 Å². The molecule has 4 aliphatic rings. The van der Waals surface area contributed by atoms with Crippen molar-refractivity contribution in [2.45, 2.75) is 38.1 Å². The molecule has 37 heavy (non-hydrogen) atoms. The van der Waals surface area contributed by atoms with Crippen molar-refractivity contribution in [2.75, 3.05) is 5.32 Å². The van der Waals surface area contributed by atoms with Gasteiger partial charge in [0.15, 0.2) is 0 Å². The van der Waals surface area contributed by atoms with E-state index in [1.54, 1.807) is 24.5 Å². The molecule has 0 atom stereocenters. The SMILES string of the molecule is O=C(Nc1ccc(-c2nc3cc(C(=O)NC4[C@H]5C[C@@H]6C[C@@H](C[C@H]4C6)C5)ccc3[nH]2)cc1)c1ccncc1. The number of nitrogens with zero attached hydrogens (tertiary/aromatic N) is 2. The molecule has 2 heterocycles. The fraction of sp³-hybridized carbons (Fsp3) is 0.333. The molecule has 4 saturated carbocycles. The Labute approximate surface area is 215 Å². The molecule has 8 rings (SSSR count). The van der Waals surface area contributed by atoms with Gasteiger partial charge in [-0.2, -0.15) is 0 Å². The summed E-state index contributed by atoms with van der Waals surface area (Å²) in [6.07, 6.45) is 9.74. The van der Waals surface area contributed by atoms with Crippen molar-refractivity contribution in [3.8, 4) is 11.4 Å². The molecule has 7 heteroatoms. The molecule has 186 valence electrons. The van der Waals surface area contributed by atoms with Crippen molar-refractivity contribution in [3.05, 3.63) is 78.1 Å². The Bertz CT molecular complexity index is 1450. The van der Waals surface area contributed by atoms with E-state index >= 15 is 0 Å². The number of benzene rings is 2. The zero-order chi connectivity index (χ0) is 24.9. The van der Waals surface area contributed by atoms with Crippen LogP contribution in [0.5, 0.6) is 0 Å². The number of anilines is 1. The third-order valence-electron chi connectivity index (χ3n) is 8.63. The fourth-order valence-electron chi connectivity index (χ4n) is 7.10. The molecule has 4 aliphatic carbocycles.